The smallest absolute Gasteiger partial charge is 0.0428 e. The molecule has 99 valence electrons. The Balaban J connectivity index is 1.85. The first-order valence-corrected chi connectivity index (χ1v) is 7.78. The predicted molar refractivity (Wildman–Crippen MR) is 91.5 cm³/mol. The first-order valence-electron chi connectivity index (χ1n) is 6.97. The standard InChI is InChI=1S/C20H13S/c1-2-8-16(9-3-1)19-13-14-20(21-19)18-12-6-10-15-7-4-5-11-17(15)18/h1-12,14H. The molecule has 0 N–H and O–H groups in total. The van der Waals surface area contributed by atoms with Crippen molar-refractivity contribution in [3.8, 4) is 20.9 Å². The van der Waals surface area contributed by atoms with E-state index < -0.39 is 0 Å². The molecule has 1 heterocycles. The van der Waals surface area contributed by atoms with Gasteiger partial charge in [-0.05, 0) is 28.0 Å². The molecule has 0 bridgehead atoms. The first kappa shape index (κ1) is 12.4. The molecule has 0 saturated carbocycles. The van der Waals surface area contributed by atoms with Crippen LogP contribution in [0.3, 0.4) is 0 Å². The Morgan fingerprint density at radius 3 is 2.38 bits per heavy atom. The van der Waals surface area contributed by atoms with E-state index in [0.717, 1.165) is 0 Å². The van der Waals surface area contributed by atoms with Crippen molar-refractivity contribution in [2.75, 3.05) is 0 Å². The Bertz CT molecular complexity index is 883. The van der Waals surface area contributed by atoms with Crippen molar-refractivity contribution in [2.45, 2.75) is 0 Å². The van der Waals surface area contributed by atoms with Crippen LogP contribution in [0, 0.1) is 6.07 Å². The maximum atomic E-state index is 3.40. The van der Waals surface area contributed by atoms with E-state index in [4.69, 9.17) is 0 Å². The fraction of sp³-hybridized carbons (Fsp3) is 0. The highest BCUT2D eigenvalue weighted by Crippen LogP contribution is 2.37. The molecule has 0 saturated heterocycles. The third kappa shape index (κ3) is 2.26. The van der Waals surface area contributed by atoms with Crippen LogP contribution in [0.2, 0.25) is 0 Å². The molecule has 4 rings (SSSR count). The molecule has 0 atom stereocenters. The molecule has 3 aromatic carbocycles. The Morgan fingerprint density at radius 2 is 1.48 bits per heavy atom. The van der Waals surface area contributed by atoms with Crippen LogP contribution >= 0.6 is 11.3 Å². The summed E-state index contributed by atoms with van der Waals surface area (Å²) in [6, 6.07) is 31.0. The average molecular weight is 285 g/mol. The number of benzene rings is 3. The third-order valence-electron chi connectivity index (χ3n) is 3.64. The van der Waals surface area contributed by atoms with E-state index in [1.165, 1.54) is 31.7 Å². The second kappa shape index (κ2) is 5.19. The number of hydrogen-bond donors (Lipinski definition) is 0. The highest BCUT2D eigenvalue weighted by molar-refractivity contribution is 7.18. The van der Waals surface area contributed by atoms with Crippen molar-refractivity contribution in [2.24, 2.45) is 0 Å². The summed E-state index contributed by atoms with van der Waals surface area (Å²) in [6.45, 7) is 0. The number of fused-ring (bicyclic) bond motifs is 1. The van der Waals surface area contributed by atoms with Gasteiger partial charge in [-0.1, -0.05) is 72.8 Å². The molecular weight excluding hydrogens is 272 g/mol. The maximum Gasteiger partial charge on any atom is 0.0428 e. The van der Waals surface area contributed by atoms with E-state index in [-0.39, 0.29) is 0 Å². The van der Waals surface area contributed by atoms with Gasteiger partial charge >= 0.3 is 0 Å². The summed E-state index contributed by atoms with van der Waals surface area (Å²) in [4.78, 5) is 2.46. The lowest BCUT2D eigenvalue weighted by Gasteiger charge is -2.04. The van der Waals surface area contributed by atoms with Crippen LogP contribution in [-0.2, 0) is 0 Å². The van der Waals surface area contributed by atoms with Gasteiger partial charge in [0.25, 0.3) is 0 Å². The summed E-state index contributed by atoms with van der Waals surface area (Å²) >= 11 is 1.80. The van der Waals surface area contributed by atoms with Crippen molar-refractivity contribution in [3.05, 3.63) is 84.9 Å². The monoisotopic (exact) mass is 285 g/mol. The summed E-state index contributed by atoms with van der Waals surface area (Å²) in [7, 11) is 0. The van der Waals surface area contributed by atoms with Gasteiger partial charge in [-0.3, -0.25) is 0 Å². The van der Waals surface area contributed by atoms with Gasteiger partial charge in [0.05, 0.1) is 0 Å². The second-order valence-corrected chi connectivity index (χ2v) is 6.03. The minimum atomic E-state index is 1.19. The summed E-state index contributed by atoms with van der Waals surface area (Å²) in [5.74, 6) is 0. The van der Waals surface area contributed by atoms with Crippen LogP contribution in [-0.4, -0.2) is 0 Å². The predicted octanol–water partition coefficient (Wildman–Crippen LogP) is 6.04. The molecule has 0 aliphatic carbocycles. The summed E-state index contributed by atoms with van der Waals surface area (Å²) in [6.07, 6.45) is 0. The van der Waals surface area contributed by atoms with E-state index in [9.17, 15) is 0 Å². The van der Waals surface area contributed by atoms with Crippen LogP contribution in [0.5, 0.6) is 0 Å². The molecule has 0 amide bonds. The molecule has 0 unspecified atom stereocenters. The molecule has 0 fully saturated rings. The molecule has 4 aromatic rings. The fourth-order valence-electron chi connectivity index (χ4n) is 2.60. The van der Waals surface area contributed by atoms with Crippen molar-refractivity contribution in [1.82, 2.24) is 0 Å². The van der Waals surface area contributed by atoms with Gasteiger partial charge in [-0.2, -0.15) is 0 Å². The summed E-state index contributed by atoms with van der Waals surface area (Å²) in [5, 5.41) is 2.58. The quantitative estimate of drug-likeness (QED) is 0.421. The lowest BCUT2D eigenvalue weighted by Crippen LogP contribution is -1.76. The second-order valence-electron chi connectivity index (χ2n) is 4.98. The lowest BCUT2D eigenvalue weighted by molar-refractivity contribution is 1.69. The van der Waals surface area contributed by atoms with E-state index in [0.29, 0.717) is 0 Å². The zero-order valence-corrected chi connectivity index (χ0v) is 12.2. The number of hydrogen-bond acceptors (Lipinski definition) is 1. The van der Waals surface area contributed by atoms with Crippen LogP contribution in [0.15, 0.2) is 78.9 Å². The van der Waals surface area contributed by atoms with E-state index in [2.05, 4.69) is 78.9 Å². The van der Waals surface area contributed by atoms with Crippen LogP contribution < -0.4 is 0 Å². The SMILES string of the molecule is [c]1cc(-c2cccc3ccccc23)sc1-c1ccccc1. The van der Waals surface area contributed by atoms with Gasteiger partial charge in [0.2, 0.25) is 0 Å². The third-order valence-corrected chi connectivity index (χ3v) is 4.75. The molecule has 1 aromatic heterocycles. The number of rotatable bonds is 2. The normalized spacial score (nSPS) is 10.9. The fourth-order valence-corrected chi connectivity index (χ4v) is 3.60. The minimum Gasteiger partial charge on any atom is -0.135 e. The zero-order valence-electron chi connectivity index (χ0n) is 11.4. The highest BCUT2D eigenvalue weighted by atomic mass is 32.1. The molecular formula is C20H13S. The molecule has 0 aliphatic heterocycles. The van der Waals surface area contributed by atoms with Crippen molar-refractivity contribution >= 4 is 22.1 Å². The van der Waals surface area contributed by atoms with Gasteiger partial charge in [0.1, 0.15) is 0 Å². The number of thiophene rings is 1. The highest BCUT2D eigenvalue weighted by Gasteiger charge is 2.07. The topological polar surface area (TPSA) is 0 Å². The Kier molecular flexibility index (Phi) is 3.06. The van der Waals surface area contributed by atoms with Gasteiger partial charge in [0, 0.05) is 15.8 Å². The molecule has 1 heteroatoms. The zero-order chi connectivity index (χ0) is 14.1. The van der Waals surface area contributed by atoms with Crippen molar-refractivity contribution in [1.29, 1.82) is 0 Å². The van der Waals surface area contributed by atoms with Gasteiger partial charge in [-0.25, -0.2) is 0 Å². The van der Waals surface area contributed by atoms with Gasteiger partial charge < -0.3 is 0 Å². The first-order chi connectivity index (χ1) is 10.4. The van der Waals surface area contributed by atoms with Crippen molar-refractivity contribution < 1.29 is 0 Å². The van der Waals surface area contributed by atoms with Gasteiger partial charge in [0.15, 0.2) is 0 Å². The largest absolute Gasteiger partial charge is 0.135 e. The van der Waals surface area contributed by atoms with E-state index in [1.807, 2.05) is 6.07 Å². The van der Waals surface area contributed by atoms with Crippen molar-refractivity contribution in [3.63, 3.8) is 0 Å². The Labute approximate surface area is 128 Å². The molecule has 1 radical (unpaired) electrons. The van der Waals surface area contributed by atoms with E-state index >= 15 is 0 Å². The van der Waals surface area contributed by atoms with Gasteiger partial charge in [-0.15, -0.1) is 11.3 Å². The Morgan fingerprint density at radius 1 is 0.714 bits per heavy atom. The molecule has 0 spiro atoms. The Hall–Kier alpha value is -2.38. The summed E-state index contributed by atoms with van der Waals surface area (Å²) in [5.41, 5.74) is 2.52. The lowest BCUT2D eigenvalue weighted by atomic mass is 10.0. The van der Waals surface area contributed by atoms with Crippen LogP contribution in [0.25, 0.3) is 31.7 Å². The van der Waals surface area contributed by atoms with Crippen LogP contribution in [0.1, 0.15) is 0 Å². The molecule has 0 aliphatic rings. The minimum absolute atomic E-state index is 1.19. The summed E-state index contributed by atoms with van der Waals surface area (Å²) < 4.78 is 0. The molecule has 21 heavy (non-hydrogen) atoms. The maximum absolute atomic E-state index is 3.40. The molecule has 0 nitrogen and oxygen atoms in total. The average Bonchev–Trinajstić information content (AvgIpc) is 3.05. The van der Waals surface area contributed by atoms with E-state index in [1.54, 1.807) is 11.3 Å². The van der Waals surface area contributed by atoms with Crippen LogP contribution in [0.4, 0.5) is 0 Å².